The molecule has 0 aromatic rings. The van der Waals surface area contributed by atoms with Crippen LogP contribution in [0.25, 0.3) is 0 Å². The van der Waals surface area contributed by atoms with E-state index in [4.69, 9.17) is 5.73 Å². The molecule has 5 nitrogen and oxygen atoms in total. The average molecular weight is 202 g/mol. The molecule has 0 saturated heterocycles. The summed E-state index contributed by atoms with van der Waals surface area (Å²) >= 11 is 0. The van der Waals surface area contributed by atoms with Crippen molar-refractivity contribution in [1.82, 2.24) is 4.90 Å². The smallest absolute Gasteiger partial charge is 0.332 e. The second kappa shape index (κ2) is 5.59. The molecule has 0 saturated carbocycles. The van der Waals surface area contributed by atoms with E-state index in [-0.39, 0.29) is 12.6 Å². The van der Waals surface area contributed by atoms with E-state index in [1.165, 1.54) is 4.90 Å². The van der Waals surface area contributed by atoms with Crippen LogP contribution >= 0.6 is 0 Å². The monoisotopic (exact) mass is 202 g/mol. The van der Waals surface area contributed by atoms with Crippen molar-refractivity contribution in [3.8, 4) is 0 Å². The third-order valence-corrected chi connectivity index (χ3v) is 1.93. The third-order valence-electron chi connectivity index (χ3n) is 1.93. The van der Waals surface area contributed by atoms with Crippen LogP contribution in [-0.4, -0.2) is 42.5 Å². The zero-order valence-electron chi connectivity index (χ0n) is 9.11. The van der Waals surface area contributed by atoms with Crippen LogP contribution in [0.2, 0.25) is 0 Å². The second-order valence-electron chi connectivity index (χ2n) is 3.27. The Kier molecular flexibility index (Phi) is 5.15. The number of hydrogen-bond acceptors (Lipinski definition) is 4. The molecule has 1 atom stereocenters. The zero-order valence-corrected chi connectivity index (χ0v) is 9.11. The molecule has 0 heterocycles. The molecular weight excluding hydrogens is 184 g/mol. The molecule has 0 aliphatic heterocycles. The number of nitrogens with two attached hydrogens (primary N) is 1. The van der Waals surface area contributed by atoms with Crippen molar-refractivity contribution in [1.29, 1.82) is 0 Å². The normalized spacial score (nSPS) is 12.4. The first kappa shape index (κ1) is 12.9. The Morgan fingerprint density at radius 2 is 1.93 bits per heavy atom. The van der Waals surface area contributed by atoms with Crippen molar-refractivity contribution in [2.45, 2.75) is 32.9 Å². The molecule has 5 heteroatoms. The number of hydrogen-bond donors (Lipinski definition) is 1. The van der Waals surface area contributed by atoms with Gasteiger partial charge >= 0.3 is 5.97 Å². The highest BCUT2D eigenvalue weighted by Crippen LogP contribution is 1.98. The molecule has 0 aliphatic rings. The highest BCUT2D eigenvalue weighted by atomic mass is 16.5. The van der Waals surface area contributed by atoms with Crippen LogP contribution in [0.5, 0.6) is 0 Å². The Hall–Kier alpha value is -1.10. The Morgan fingerprint density at radius 1 is 1.43 bits per heavy atom. The molecule has 0 rings (SSSR count). The fraction of sp³-hybridized carbons (Fsp3) is 0.778. The van der Waals surface area contributed by atoms with E-state index in [1.807, 2.05) is 13.8 Å². The molecular formula is C9H18N2O3. The van der Waals surface area contributed by atoms with E-state index in [0.29, 0.717) is 0 Å². The zero-order chi connectivity index (χ0) is 11.3. The van der Waals surface area contributed by atoms with Crippen LogP contribution in [0.3, 0.4) is 0 Å². The van der Waals surface area contributed by atoms with E-state index in [2.05, 4.69) is 4.74 Å². The lowest BCUT2D eigenvalue weighted by atomic mass is 10.2. The topological polar surface area (TPSA) is 72.6 Å². The number of ether oxygens (including phenoxy) is 1. The lowest BCUT2D eigenvalue weighted by molar-refractivity contribution is -0.150. The largest absolute Gasteiger partial charge is 0.464 e. The lowest BCUT2D eigenvalue weighted by Crippen LogP contribution is -2.49. The van der Waals surface area contributed by atoms with Crippen LogP contribution < -0.4 is 5.73 Å². The summed E-state index contributed by atoms with van der Waals surface area (Å²) < 4.78 is 4.64. The van der Waals surface area contributed by atoms with Crippen molar-refractivity contribution < 1.29 is 14.3 Å². The van der Waals surface area contributed by atoms with Gasteiger partial charge in [0.05, 0.1) is 6.61 Å². The van der Waals surface area contributed by atoms with Crippen molar-refractivity contribution in [3.05, 3.63) is 0 Å². The first-order valence-corrected chi connectivity index (χ1v) is 4.60. The molecule has 0 radical (unpaired) electrons. The van der Waals surface area contributed by atoms with Crippen LogP contribution in [-0.2, 0) is 14.3 Å². The van der Waals surface area contributed by atoms with Gasteiger partial charge in [-0.1, -0.05) is 0 Å². The summed E-state index contributed by atoms with van der Waals surface area (Å²) in [6, 6.07) is -1.19. The SMILES string of the molecule is CCOC(=O)C(N)C(=O)N(C)C(C)C. The quantitative estimate of drug-likeness (QED) is 0.503. The Balaban J connectivity index is 4.31. The second-order valence-corrected chi connectivity index (χ2v) is 3.27. The molecule has 0 fully saturated rings. The number of rotatable bonds is 4. The molecule has 82 valence electrons. The van der Waals surface area contributed by atoms with E-state index >= 15 is 0 Å². The van der Waals surface area contributed by atoms with E-state index in [1.54, 1.807) is 14.0 Å². The predicted octanol–water partition coefficient (Wildman–Crippen LogP) is -0.256. The van der Waals surface area contributed by atoms with Gasteiger partial charge in [0.1, 0.15) is 0 Å². The molecule has 0 spiro atoms. The number of nitrogens with zero attached hydrogens (tertiary/aromatic N) is 1. The minimum absolute atomic E-state index is 0.0166. The first-order valence-electron chi connectivity index (χ1n) is 4.60. The van der Waals surface area contributed by atoms with Crippen LogP contribution in [0.1, 0.15) is 20.8 Å². The van der Waals surface area contributed by atoms with Gasteiger partial charge in [-0.25, -0.2) is 4.79 Å². The molecule has 1 amide bonds. The Bertz CT molecular complexity index is 216. The van der Waals surface area contributed by atoms with Gasteiger partial charge in [-0.2, -0.15) is 0 Å². The van der Waals surface area contributed by atoms with Crippen molar-refractivity contribution in [2.75, 3.05) is 13.7 Å². The molecule has 0 aromatic heterocycles. The first-order chi connectivity index (χ1) is 6.41. The molecule has 14 heavy (non-hydrogen) atoms. The van der Waals surface area contributed by atoms with Gasteiger partial charge in [0, 0.05) is 13.1 Å². The maximum Gasteiger partial charge on any atom is 0.332 e. The van der Waals surface area contributed by atoms with Gasteiger partial charge < -0.3 is 15.4 Å². The fourth-order valence-electron chi connectivity index (χ4n) is 0.807. The van der Waals surface area contributed by atoms with Gasteiger partial charge in [0.15, 0.2) is 6.04 Å². The number of esters is 1. The summed E-state index contributed by atoms with van der Waals surface area (Å²) in [5.74, 6) is -1.09. The van der Waals surface area contributed by atoms with Crippen molar-refractivity contribution in [3.63, 3.8) is 0 Å². The third kappa shape index (κ3) is 3.33. The lowest BCUT2D eigenvalue weighted by Gasteiger charge is -2.23. The molecule has 1 unspecified atom stereocenters. The maximum atomic E-state index is 11.5. The average Bonchev–Trinajstić information content (AvgIpc) is 2.14. The number of carbonyl (C=O) groups excluding carboxylic acids is 2. The van der Waals surface area contributed by atoms with E-state index in [0.717, 1.165) is 0 Å². The standard InChI is InChI=1S/C9H18N2O3/c1-5-14-9(13)7(10)8(12)11(4)6(2)3/h6-7H,5,10H2,1-4H3. The van der Waals surface area contributed by atoms with Gasteiger partial charge in [-0.3, -0.25) is 4.79 Å². The molecule has 2 N–H and O–H groups in total. The minimum Gasteiger partial charge on any atom is -0.464 e. The van der Waals surface area contributed by atoms with E-state index < -0.39 is 17.9 Å². The van der Waals surface area contributed by atoms with Crippen LogP contribution in [0, 0.1) is 0 Å². The van der Waals surface area contributed by atoms with Gasteiger partial charge in [0.2, 0.25) is 0 Å². The summed E-state index contributed by atoms with van der Waals surface area (Å²) in [6.07, 6.45) is 0. The Labute approximate surface area is 84.2 Å². The van der Waals surface area contributed by atoms with Gasteiger partial charge in [-0.05, 0) is 20.8 Å². The Morgan fingerprint density at radius 3 is 2.29 bits per heavy atom. The van der Waals surface area contributed by atoms with Crippen molar-refractivity contribution >= 4 is 11.9 Å². The fourth-order valence-corrected chi connectivity index (χ4v) is 0.807. The van der Waals surface area contributed by atoms with Gasteiger partial charge in [-0.15, -0.1) is 0 Å². The highest BCUT2D eigenvalue weighted by molar-refractivity contribution is 6.01. The summed E-state index contributed by atoms with van der Waals surface area (Å²) in [6.45, 7) is 5.58. The van der Waals surface area contributed by atoms with Crippen molar-refractivity contribution in [2.24, 2.45) is 5.73 Å². The molecule has 0 bridgehead atoms. The maximum absolute atomic E-state index is 11.5. The summed E-state index contributed by atoms with van der Waals surface area (Å²) in [4.78, 5) is 24.0. The minimum atomic E-state index is -1.21. The summed E-state index contributed by atoms with van der Waals surface area (Å²) in [5, 5.41) is 0. The highest BCUT2D eigenvalue weighted by Gasteiger charge is 2.27. The van der Waals surface area contributed by atoms with Crippen LogP contribution in [0.15, 0.2) is 0 Å². The number of likely N-dealkylation sites (N-methyl/N-ethyl adjacent to an activating group) is 1. The van der Waals surface area contributed by atoms with Gasteiger partial charge in [0.25, 0.3) is 5.91 Å². The number of amides is 1. The number of carbonyl (C=O) groups is 2. The molecule has 0 aromatic carbocycles. The van der Waals surface area contributed by atoms with Crippen LogP contribution in [0.4, 0.5) is 0 Å². The summed E-state index contributed by atoms with van der Waals surface area (Å²) in [5.41, 5.74) is 5.42. The summed E-state index contributed by atoms with van der Waals surface area (Å²) in [7, 11) is 1.60. The van der Waals surface area contributed by atoms with E-state index in [9.17, 15) is 9.59 Å². The molecule has 0 aliphatic carbocycles. The predicted molar refractivity (Wildman–Crippen MR) is 52.5 cm³/mol.